The molecule has 5 nitrogen and oxygen atoms in total. The summed E-state index contributed by atoms with van der Waals surface area (Å²) in [5.41, 5.74) is 0. The van der Waals surface area contributed by atoms with Crippen LogP contribution in [0.5, 0.6) is 0 Å². The van der Waals surface area contributed by atoms with Gasteiger partial charge in [-0.2, -0.15) is 0 Å². The van der Waals surface area contributed by atoms with Crippen LogP contribution in [0.1, 0.15) is 142 Å². The van der Waals surface area contributed by atoms with E-state index >= 15 is 0 Å². The summed E-state index contributed by atoms with van der Waals surface area (Å²) in [6.07, 6.45) is 29.0. The zero-order chi connectivity index (χ0) is 29.7. The average Bonchev–Trinajstić information content (AvgIpc) is 3.38. The Morgan fingerprint density at radius 2 is 1.40 bits per heavy atom. The lowest BCUT2D eigenvalue weighted by Gasteiger charge is -2.23. The van der Waals surface area contributed by atoms with Crippen LogP contribution < -0.4 is 4.57 Å². The number of ether oxygens (including phenoxy) is 3. The predicted molar refractivity (Wildman–Crippen MR) is 172 cm³/mol. The van der Waals surface area contributed by atoms with Gasteiger partial charge in [-0.3, -0.25) is 4.79 Å². The van der Waals surface area contributed by atoms with Crippen LogP contribution in [-0.2, 0) is 25.5 Å². The highest BCUT2D eigenvalue weighted by Gasteiger charge is 2.37. The molecule has 5 heteroatoms. The summed E-state index contributed by atoms with van der Waals surface area (Å²) in [6.45, 7) is 6.08. The predicted octanol–water partition coefficient (Wildman–Crippen LogP) is 9.62. The van der Waals surface area contributed by atoms with E-state index in [0.29, 0.717) is 19.6 Å². The first-order valence-electron chi connectivity index (χ1n) is 17.4. The lowest BCUT2D eigenvalue weighted by atomic mass is 10.0. The number of pyridine rings is 1. The quantitative estimate of drug-likeness (QED) is 0.0702. The molecule has 0 bridgehead atoms. The minimum atomic E-state index is -0.534. The summed E-state index contributed by atoms with van der Waals surface area (Å²) in [7, 11) is 0. The number of hydrogen-bond acceptors (Lipinski definition) is 4. The number of rotatable bonds is 24. The third kappa shape index (κ3) is 14.5. The van der Waals surface area contributed by atoms with Crippen molar-refractivity contribution in [3.05, 3.63) is 42.7 Å². The topological polar surface area (TPSA) is 48.6 Å². The van der Waals surface area contributed by atoms with E-state index in [4.69, 9.17) is 14.2 Å². The molecule has 1 aromatic heterocycles. The monoisotopic (exact) mass is 582 g/mol. The number of carbonyl (C=O) groups is 1. The van der Waals surface area contributed by atoms with Gasteiger partial charge in [-0.1, -0.05) is 115 Å². The van der Waals surface area contributed by atoms with Crippen molar-refractivity contribution in [1.29, 1.82) is 0 Å². The van der Waals surface area contributed by atoms with E-state index < -0.39 is 5.79 Å². The van der Waals surface area contributed by atoms with Gasteiger partial charge in [0, 0.05) is 30.7 Å². The van der Waals surface area contributed by atoms with Crippen molar-refractivity contribution < 1.29 is 23.6 Å². The lowest BCUT2D eigenvalue weighted by molar-refractivity contribution is -0.696. The van der Waals surface area contributed by atoms with Crippen LogP contribution in [0.4, 0.5) is 0 Å². The normalized spacial score (nSPS) is 18.6. The van der Waals surface area contributed by atoms with Gasteiger partial charge in [-0.25, -0.2) is 4.57 Å². The summed E-state index contributed by atoms with van der Waals surface area (Å²) in [4.78, 5) is 12.2. The molecule has 0 aliphatic carbocycles. The number of hydrogen-bond donors (Lipinski definition) is 0. The van der Waals surface area contributed by atoms with E-state index in [2.05, 4.69) is 54.2 Å². The van der Waals surface area contributed by atoms with Crippen molar-refractivity contribution in [3.63, 3.8) is 0 Å². The standard InChI is InChI=1S/C37H60NO4/c1-3-4-5-6-7-8-9-10-11-12-13-14-15-16-21-27-37(2)41-32-35(42-37)31-40-36(39)25-18-17-22-28-38-29-26-33-23-19-20-24-34(33)30-38/h19-20,23-24,26,29-30,35H,3-18,21-22,25,27-28,31-32H2,1-2H3/q+1. The Morgan fingerprint density at radius 3 is 2.07 bits per heavy atom. The molecule has 1 aliphatic rings. The summed E-state index contributed by atoms with van der Waals surface area (Å²) in [5, 5.41) is 2.52. The van der Waals surface area contributed by atoms with E-state index in [1.54, 1.807) is 0 Å². The summed E-state index contributed by atoms with van der Waals surface area (Å²) >= 11 is 0. The molecule has 0 amide bonds. The van der Waals surface area contributed by atoms with Gasteiger partial charge in [0.15, 0.2) is 18.2 Å². The summed E-state index contributed by atoms with van der Waals surface area (Å²) in [6, 6.07) is 10.6. The molecule has 1 fully saturated rings. The molecule has 1 aromatic carbocycles. The van der Waals surface area contributed by atoms with Gasteiger partial charge in [0.2, 0.25) is 0 Å². The van der Waals surface area contributed by atoms with Crippen molar-refractivity contribution in [3.8, 4) is 0 Å². The molecule has 2 heterocycles. The fraction of sp³-hybridized carbons (Fsp3) is 0.730. The number of nitrogens with zero attached hydrogens (tertiary/aromatic N) is 1. The van der Waals surface area contributed by atoms with E-state index in [1.807, 2.05) is 6.92 Å². The first-order chi connectivity index (χ1) is 20.6. The molecule has 0 radical (unpaired) electrons. The zero-order valence-corrected chi connectivity index (χ0v) is 27.0. The number of aryl methyl sites for hydroxylation is 1. The van der Waals surface area contributed by atoms with Gasteiger partial charge >= 0.3 is 5.97 Å². The zero-order valence-electron chi connectivity index (χ0n) is 27.0. The number of fused-ring (bicyclic) bond motifs is 1. The van der Waals surface area contributed by atoms with Gasteiger partial charge < -0.3 is 14.2 Å². The molecule has 2 unspecified atom stereocenters. The summed E-state index contributed by atoms with van der Waals surface area (Å²) in [5.74, 6) is -0.665. The van der Waals surface area contributed by atoms with Gasteiger partial charge in [-0.05, 0) is 37.6 Å². The van der Waals surface area contributed by atoms with Crippen LogP contribution in [0, 0.1) is 0 Å². The van der Waals surface area contributed by atoms with Crippen LogP contribution in [0.2, 0.25) is 0 Å². The fourth-order valence-corrected chi connectivity index (χ4v) is 6.04. The Hall–Kier alpha value is -1.98. The van der Waals surface area contributed by atoms with Crippen LogP contribution in [0.15, 0.2) is 42.7 Å². The van der Waals surface area contributed by atoms with Crippen LogP contribution in [0.3, 0.4) is 0 Å². The first kappa shape index (κ1) is 34.5. The maximum atomic E-state index is 12.2. The Labute approximate surface area is 256 Å². The third-order valence-corrected chi connectivity index (χ3v) is 8.70. The number of benzene rings is 1. The van der Waals surface area contributed by atoms with Crippen LogP contribution in [0.25, 0.3) is 10.8 Å². The number of unbranched alkanes of at least 4 members (excludes halogenated alkanes) is 16. The maximum Gasteiger partial charge on any atom is 0.305 e. The molecular formula is C37H60NO4+. The van der Waals surface area contributed by atoms with E-state index in [-0.39, 0.29) is 12.1 Å². The van der Waals surface area contributed by atoms with Gasteiger partial charge in [0.05, 0.1) is 6.61 Å². The molecule has 3 rings (SSSR count). The van der Waals surface area contributed by atoms with Gasteiger partial charge in [0.25, 0.3) is 0 Å². The van der Waals surface area contributed by atoms with Gasteiger partial charge in [-0.15, -0.1) is 0 Å². The molecule has 1 saturated heterocycles. The van der Waals surface area contributed by atoms with Crippen LogP contribution in [-0.4, -0.2) is 31.1 Å². The fourth-order valence-electron chi connectivity index (χ4n) is 6.04. The number of aromatic nitrogens is 1. The average molecular weight is 583 g/mol. The minimum absolute atomic E-state index is 0.132. The van der Waals surface area contributed by atoms with E-state index in [0.717, 1.165) is 38.6 Å². The minimum Gasteiger partial charge on any atom is -0.463 e. The van der Waals surface area contributed by atoms with Crippen molar-refractivity contribution >= 4 is 16.7 Å². The highest BCUT2D eigenvalue weighted by molar-refractivity contribution is 5.80. The van der Waals surface area contributed by atoms with Crippen molar-refractivity contribution in [2.75, 3.05) is 13.2 Å². The lowest BCUT2D eigenvalue weighted by Crippen LogP contribution is -2.32. The Morgan fingerprint density at radius 1 is 0.810 bits per heavy atom. The second-order valence-corrected chi connectivity index (χ2v) is 12.7. The molecular weight excluding hydrogens is 522 g/mol. The van der Waals surface area contributed by atoms with Crippen molar-refractivity contribution in [2.45, 2.75) is 161 Å². The number of esters is 1. The van der Waals surface area contributed by atoms with E-state index in [9.17, 15) is 4.79 Å². The van der Waals surface area contributed by atoms with Gasteiger partial charge in [0.1, 0.15) is 19.3 Å². The molecule has 236 valence electrons. The SMILES string of the molecule is CCCCCCCCCCCCCCCCCC1(C)OCC(COC(=O)CCCCC[n+]2ccc3ccccc3c2)O1. The molecule has 42 heavy (non-hydrogen) atoms. The Balaban J connectivity index is 1.11. The Kier molecular flexibility index (Phi) is 17.1. The Bertz CT molecular complexity index is 995. The van der Waals surface area contributed by atoms with E-state index in [1.165, 1.54) is 101 Å². The molecule has 0 spiro atoms. The van der Waals surface area contributed by atoms with Crippen LogP contribution >= 0.6 is 0 Å². The second kappa shape index (κ2) is 20.8. The van der Waals surface area contributed by atoms with Crippen molar-refractivity contribution in [1.82, 2.24) is 0 Å². The van der Waals surface area contributed by atoms with Crippen molar-refractivity contribution in [2.24, 2.45) is 0 Å². The number of carbonyl (C=O) groups excluding carboxylic acids is 1. The smallest absolute Gasteiger partial charge is 0.305 e. The molecule has 0 N–H and O–H groups in total. The first-order valence-corrected chi connectivity index (χ1v) is 17.4. The second-order valence-electron chi connectivity index (χ2n) is 12.7. The summed E-state index contributed by atoms with van der Waals surface area (Å²) < 4.78 is 19.9. The molecule has 2 aromatic rings. The maximum absolute atomic E-state index is 12.2. The molecule has 1 aliphatic heterocycles. The highest BCUT2D eigenvalue weighted by Crippen LogP contribution is 2.29. The highest BCUT2D eigenvalue weighted by atomic mass is 16.7. The molecule has 2 atom stereocenters. The third-order valence-electron chi connectivity index (χ3n) is 8.70. The molecule has 0 saturated carbocycles. The largest absolute Gasteiger partial charge is 0.463 e.